The predicted molar refractivity (Wildman–Crippen MR) is 97.2 cm³/mol. The van der Waals surface area contributed by atoms with Crippen LogP contribution in [-0.2, 0) is 32.4 Å². The van der Waals surface area contributed by atoms with E-state index in [2.05, 4.69) is 45.0 Å². The predicted octanol–water partition coefficient (Wildman–Crippen LogP) is 3.19. The van der Waals surface area contributed by atoms with Gasteiger partial charge in [0.2, 0.25) is 0 Å². The van der Waals surface area contributed by atoms with Gasteiger partial charge in [0.25, 0.3) is 0 Å². The molecule has 1 aliphatic rings. The van der Waals surface area contributed by atoms with Crippen LogP contribution in [0.1, 0.15) is 35.1 Å². The van der Waals surface area contributed by atoms with E-state index in [0.29, 0.717) is 0 Å². The lowest BCUT2D eigenvalue weighted by Crippen LogP contribution is -2.25. The van der Waals surface area contributed by atoms with Gasteiger partial charge in [-0.2, -0.15) is 0 Å². The zero-order valence-electron chi connectivity index (χ0n) is 14.5. The lowest BCUT2D eigenvalue weighted by molar-refractivity contribution is 0.592. The van der Waals surface area contributed by atoms with Crippen LogP contribution in [0.5, 0.6) is 0 Å². The first-order valence-electron chi connectivity index (χ1n) is 8.87. The van der Waals surface area contributed by atoms with Crippen LogP contribution in [-0.4, -0.2) is 21.1 Å². The van der Waals surface area contributed by atoms with Gasteiger partial charge in [-0.1, -0.05) is 13.0 Å². The Morgan fingerprint density at radius 1 is 1.21 bits per heavy atom. The molecule has 3 aromatic rings. The van der Waals surface area contributed by atoms with E-state index < -0.39 is 0 Å². The third-order valence-electron chi connectivity index (χ3n) is 5.03. The smallest absolute Gasteiger partial charge is 0.0604 e. The molecule has 0 radical (unpaired) electrons. The highest BCUT2D eigenvalue weighted by atomic mass is 15.0. The largest absolute Gasteiger partial charge is 0.344 e. The van der Waals surface area contributed by atoms with Crippen molar-refractivity contribution in [2.45, 2.75) is 46.2 Å². The number of aromatic nitrogens is 3. The maximum absolute atomic E-state index is 4.51. The summed E-state index contributed by atoms with van der Waals surface area (Å²) in [5.74, 6) is 0. The molecule has 0 fully saturated rings. The summed E-state index contributed by atoms with van der Waals surface area (Å²) >= 11 is 0. The van der Waals surface area contributed by atoms with E-state index in [9.17, 15) is 0 Å². The molecular weight excluding hydrogens is 296 g/mol. The van der Waals surface area contributed by atoms with Crippen LogP contribution in [0.3, 0.4) is 0 Å². The van der Waals surface area contributed by atoms with E-state index in [1.165, 1.54) is 27.7 Å². The zero-order chi connectivity index (χ0) is 16.5. The molecule has 0 saturated heterocycles. The Labute approximate surface area is 142 Å². The summed E-state index contributed by atoms with van der Waals surface area (Å²) in [6, 6.07) is 6.94. The first-order valence-corrected chi connectivity index (χ1v) is 8.87. The summed E-state index contributed by atoms with van der Waals surface area (Å²) in [6.45, 7) is 7.21. The fourth-order valence-electron chi connectivity index (χ4n) is 3.68. The maximum atomic E-state index is 4.51. The van der Waals surface area contributed by atoms with Crippen molar-refractivity contribution in [3.05, 3.63) is 58.8 Å². The molecule has 4 rings (SSSR count). The summed E-state index contributed by atoms with van der Waals surface area (Å²) in [4.78, 5) is 8.88. The standard InChI is InChI=1S/C20H24N4/c1-3-15-4-5-19-17(10-15)18-13-21-8-6-20(18)24(19)9-7-16-12-22-14(2)11-23-16/h4-5,10-12,21H,3,6-9,13H2,1-2H3. The highest BCUT2D eigenvalue weighted by Crippen LogP contribution is 2.30. The molecule has 0 atom stereocenters. The van der Waals surface area contributed by atoms with E-state index >= 15 is 0 Å². The van der Waals surface area contributed by atoms with Crippen molar-refractivity contribution in [1.29, 1.82) is 0 Å². The lowest BCUT2D eigenvalue weighted by atomic mass is 10.0. The number of fused-ring (bicyclic) bond motifs is 3. The maximum Gasteiger partial charge on any atom is 0.0604 e. The minimum Gasteiger partial charge on any atom is -0.344 e. The molecule has 3 heterocycles. The number of rotatable bonds is 4. The van der Waals surface area contributed by atoms with Gasteiger partial charge in [-0.15, -0.1) is 0 Å². The Hall–Kier alpha value is -2.20. The quantitative estimate of drug-likeness (QED) is 0.803. The minimum absolute atomic E-state index is 0.923. The van der Waals surface area contributed by atoms with E-state index in [1.54, 1.807) is 0 Å². The van der Waals surface area contributed by atoms with Crippen LogP contribution in [0.4, 0.5) is 0 Å². The summed E-state index contributed by atoms with van der Waals surface area (Å²) in [6.07, 6.45) is 6.88. The molecule has 0 bridgehead atoms. The Morgan fingerprint density at radius 3 is 2.92 bits per heavy atom. The SMILES string of the molecule is CCc1ccc2c(c1)c1c(n2CCc2cnc(C)cn2)CCNC1. The molecule has 0 saturated carbocycles. The van der Waals surface area contributed by atoms with Gasteiger partial charge in [0.15, 0.2) is 0 Å². The first-order chi connectivity index (χ1) is 11.8. The highest BCUT2D eigenvalue weighted by Gasteiger charge is 2.19. The number of hydrogen-bond donors (Lipinski definition) is 1. The fourth-order valence-corrected chi connectivity index (χ4v) is 3.68. The van der Waals surface area contributed by atoms with Gasteiger partial charge in [-0.25, -0.2) is 0 Å². The van der Waals surface area contributed by atoms with Crippen LogP contribution >= 0.6 is 0 Å². The average molecular weight is 320 g/mol. The number of nitrogens with zero attached hydrogens (tertiary/aromatic N) is 3. The van der Waals surface area contributed by atoms with Crippen LogP contribution in [0.25, 0.3) is 10.9 Å². The molecule has 4 nitrogen and oxygen atoms in total. The molecule has 4 heteroatoms. The minimum atomic E-state index is 0.923. The summed E-state index contributed by atoms with van der Waals surface area (Å²) < 4.78 is 2.51. The second-order valence-electron chi connectivity index (χ2n) is 6.61. The van der Waals surface area contributed by atoms with Gasteiger partial charge < -0.3 is 9.88 Å². The van der Waals surface area contributed by atoms with Crippen LogP contribution in [0.2, 0.25) is 0 Å². The number of benzene rings is 1. The van der Waals surface area contributed by atoms with Gasteiger partial charge in [-0.3, -0.25) is 9.97 Å². The van der Waals surface area contributed by atoms with E-state index in [-0.39, 0.29) is 0 Å². The Morgan fingerprint density at radius 2 is 2.12 bits per heavy atom. The Balaban J connectivity index is 1.72. The normalized spacial score (nSPS) is 14.1. The molecule has 124 valence electrons. The van der Waals surface area contributed by atoms with E-state index in [4.69, 9.17) is 0 Å². The fraction of sp³-hybridized carbons (Fsp3) is 0.400. The van der Waals surface area contributed by atoms with Crippen molar-refractivity contribution in [2.75, 3.05) is 6.54 Å². The monoisotopic (exact) mass is 320 g/mol. The van der Waals surface area contributed by atoms with Crippen molar-refractivity contribution in [3.8, 4) is 0 Å². The third kappa shape index (κ3) is 2.71. The molecule has 0 aliphatic carbocycles. The van der Waals surface area contributed by atoms with Gasteiger partial charge in [0, 0.05) is 61.5 Å². The summed E-state index contributed by atoms with van der Waals surface area (Å²) in [5, 5.41) is 4.95. The van der Waals surface area contributed by atoms with E-state index in [1.807, 2.05) is 19.3 Å². The second-order valence-corrected chi connectivity index (χ2v) is 6.61. The van der Waals surface area contributed by atoms with Gasteiger partial charge in [-0.05, 0) is 36.6 Å². The molecule has 1 N–H and O–H groups in total. The lowest BCUT2D eigenvalue weighted by Gasteiger charge is -2.17. The Kier molecular flexibility index (Phi) is 4.07. The van der Waals surface area contributed by atoms with Crippen LogP contribution < -0.4 is 5.32 Å². The number of aryl methyl sites for hydroxylation is 4. The second kappa shape index (κ2) is 6.36. The van der Waals surface area contributed by atoms with Crippen molar-refractivity contribution < 1.29 is 0 Å². The molecule has 2 aromatic heterocycles. The molecular formula is C20H24N4. The van der Waals surface area contributed by atoms with Crippen molar-refractivity contribution in [2.24, 2.45) is 0 Å². The van der Waals surface area contributed by atoms with Gasteiger partial charge in [0.1, 0.15) is 0 Å². The molecule has 1 aromatic carbocycles. The van der Waals surface area contributed by atoms with Crippen molar-refractivity contribution >= 4 is 10.9 Å². The highest BCUT2D eigenvalue weighted by molar-refractivity contribution is 5.86. The van der Waals surface area contributed by atoms with Gasteiger partial charge in [0.05, 0.1) is 11.4 Å². The van der Waals surface area contributed by atoms with Crippen molar-refractivity contribution in [3.63, 3.8) is 0 Å². The molecule has 0 unspecified atom stereocenters. The van der Waals surface area contributed by atoms with Gasteiger partial charge >= 0.3 is 0 Å². The summed E-state index contributed by atoms with van der Waals surface area (Å²) in [7, 11) is 0. The topological polar surface area (TPSA) is 42.7 Å². The number of nitrogens with one attached hydrogen (secondary N) is 1. The average Bonchev–Trinajstić information content (AvgIpc) is 2.94. The molecule has 0 amide bonds. The molecule has 0 spiro atoms. The zero-order valence-corrected chi connectivity index (χ0v) is 14.5. The molecule has 24 heavy (non-hydrogen) atoms. The number of hydrogen-bond acceptors (Lipinski definition) is 3. The first kappa shape index (κ1) is 15.3. The van der Waals surface area contributed by atoms with E-state index in [0.717, 1.165) is 50.3 Å². The Bertz CT molecular complexity index is 861. The van der Waals surface area contributed by atoms with Crippen LogP contribution in [0, 0.1) is 6.92 Å². The van der Waals surface area contributed by atoms with Crippen LogP contribution in [0.15, 0.2) is 30.6 Å². The third-order valence-corrected chi connectivity index (χ3v) is 5.03. The molecule has 1 aliphatic heterocycles. The summed E-state index contributed by atoms with van der Waals surface area (Å²) in [5.41, 5.74) is 7.80. The van der Waals surface area contributed by atoms with Crippen molar-refractivity contribution in [1.82, 2.24) is 19.9 Å².